The van der Waals surface area contributed by atoms with E-state index in [2.05, 4.69) is 35.6 Å². The smallest absolute Gasteiger partial charge is 0.335 e. The van der Waals surface area contributed by atoms with E-state index in [1.54, 1.807) is 35.6 Å². The molecule has 2 aliphatic rings. The van der Waals surface area contributed by atoms with Crippen molar-refractivity contribution >= 4 is 45.8 Å². The standard InChI is InChI=1S/C32H27N3O3S/c1-20(22-10-12-24(13-11-22)32(37)38)34-31(36)28-17-27(29-7-4-14-39-29)19-35-30(28)26(18-33-35)16-21-8-9-23-5-2-3-6-25(23)15-21/h2-15,17-20,26,30H,16H2,1H3,(H,34,36)(H,37,38)/t20-,26?,30?/m0/s1. The van der Waals surface area contributed by atoms with Gasteiger partial charge in [-0.3, -0.25) is 9.80 Å². The molecular weight excluding hydrogens is 506 g/mol. The summed E-state index contributed by atoms with van der Waals surface area (Å²) in [6.07, 6.45) is 6.74. The first-order chi connectivity index (χ1) is 19.0. The van der Waals surface area contributed by atoms with E-state index in [1.807, 2.05) is 60.1 Å². The Morgan fingerprint density at radius 1 is 1.03 bits per heavy atom. The average Bonchev–Trinajstić information content (AvgIpc) is 3.63. The quantitative estimate of drug-likeness (QED) is 0.293. The fourth-order valence-electron chi connectivity index (χ4n) is 5.29. The molecular formula is C32H27N3O3S. The molecule has 194 valence electrons. The highest BCUT2D eigenvalue weighted by molar-refractivity contribution is 7.11. The summed E-state index contributed by atoms with van der Waals surface area (Å²) in [6, 6.07) is 25.0. The number of hydrogen-bond donors (Lipinski definition) is 2. The third kappa shape index (κ3) is 5.01. The van der Waals surface area contributed by atoms with Crippen LogP contribution in [0.5, 0.6) is 0 Å². The van der Waals surface area contributed by atoms with Crippen LogP contribution < -0.4 is 5.32 Å². The molecule has 39 heavy (non-hydrogen) atoms. The third-order valence-corrected chi connectivity index (χ3v) is 8.26. The highest BCUT2D eigenvalue weighted by Gasteiger charge is 2.39. The van der Waals surface area contributed by atoms with Gasteiger partial charge < -0.3 is 10.4 Å². The number of rotatable bonds is 7. The topological polar surface area (TPSA) is 82.0 Å². The maximum absolute atomic E-state index is 13.8. The second-order valence-electron chi connectivity index (χ2n) is 9.92. The van der Waals surface area contributed by atoms with Gasteiger partial charge in [0, 0.05) is 34.4 Å². The van der Waals surface area contributed by atoms with Crippen LogP contribution in [0, 0.1) is 5.92 Å². The largest absolute Gasteiger partial charge is 0.478 e. The van der Waals surface area contributed by atoms with Gasteiger partial charge in [0.05, 0.1) is 17.6 Å². The maximum Gasteiger partial charge on any atom is 0.335 e. The van der Waals surface area contributed by atoms with Gasteiger partial charge in [-0.1, -0.05) is 60.7 Å². The summed E-state index contributed by atoms with van der Waals surface area (Å²) in [5.74, 6) is -1.11. The molecule has 0 saturated heterocycles. The minimum atomic E-state index is -0.975. The van der Waals surface area contributed by atoms with Crippen LogP contribution in [0.1, 0.15) is 39.3 Å². The Morgan fingerprint density at radius 3 is 2.56 bits per heavy atom. The molecule has 3 heterocycles. The molecule has 0 saturated carbocycles. The van der Waals surface area contributed by atoms with Gasteiger partial charge in [-0.05, 0) is 64.9 Å². The van der Waals surface area contributed by atoms with Gasteiger partial charge in [0.1, 0.15) is 0 Å². The predicted molar refractivity (Wildman–Crippen MR) is 156 cm³/mol. The molecule has 0 fully saturated rings. The molecule has 1 aromatic heterocycles. The molecule has 6 nitrogen and oxygen atoms in total. The number of carboxylic acids is 1. The van der Waals surface area contributed by atoms with Crippen LogP contribution in [0.2, 0.25) is 0 Å². The fraction of sp³-hybridized carbons (Fsp3) is 0.156. The Bertz CT molecular complexity index is 1640. The minimum Gasteiger partial charge on any atom is -0.478 e. The summed E-state index contributed by atoms with van der Waals surface area (Å²) >= 11 is 1.63. The summed E-state index contributed by atoms with van der Waals surface area (Å²) in [7, 11) is 0. The first kappa shape index (κ1) is 24.8. The lowest BCUT2D eigenvalue weighted by Crippen LogP contribution is -2.41. The molecule has 2 N–H and O–H groups in total. The molecule has 0 aliphatic carbocycles. The van der Waals surface area contributed by atoms with Gasteiger partial charge in [-0.15, -0.1) is 11.3 Å². The average molecular weight is 534 g/mol. The summed E-state index contributed by atoms with van der Waals surface area (Å²) < 4.78 is 0. The predicted octanol–water partition coefficient (Wildman–Crippen LogP) is 6.29. The van der Waals surface area contributed by atoms with E-state index in [9.17, 15) is 14.7 Å². The number of aromatic carboxylic acids is 1. The minimum absolute atomic E-state index is 0.0226. The molecule has 7 heteroatoms. The first-order valence-corrected chi connectivity index (χ1v) is 13.8. The highest BCUT2D eigenvalue weighted by atomic mass is 32.1. The van der Waals surface area contributed by atoms with E-state index in [1.165, 1.54) is 16.3 Å². The number of hydrazone groups is 1. The number of benzene rings is 3. The molecule has 2 unspecified atom stereocenters. The second-order valence-corrected chi connectivity index (χ2v) is 10.9. The van der Waals surface area contributed by atoms with Crippen molar-refractivity contribution in [2.75, 3.05) is 0 Å². The molecule has 2 aliphatic heterocycles. The molecule has 0 spiro atoms. The van der Waals surface area contributed by atoms with Crippen LogP contribution in [0.25, 0.3) is 16.3 Å². The second kappa shape index (κ2) is 10.3. The van der Waals surface area contributed by atoms with E-state index < -0.39 is 5.97 Å². The van der Waals surface area contributed by atoms with Crippen molar-refractivity contribution in [2.24, 2.45) is 11.0 Å². The number of thiophene rings is 1. The Hall–Kier alpha value is -4.49. The zero-order chi connectivity index (χ0) is 26.9. The zero-order valence-corrected chi connectivity index (χ0v) is 22.1. The van der Waals surface area contributed by atoms with Crippen LogP contribution >= 0.6 is 11.3 Å². The monoisotopic (exact) mass is 533 g/mol. The number of carbonyl (C=O) groups is 2. The van der Waals surface area contributed by atoms with E-state index >= 15 is 0 Å². The fourth-order valence-corrected chi connectivity index (χ4v) is 6.00. The lowest BCUT2D eigenvalue weighted by Gasteiger charge is -2.31. The van der Waals surface area contributed by atoms with Gasteiger partial charge in [-0.2, -0.15) is 5.10 Å². The van der Waals surface area contributed by atoms with E-state index in [4.69, 9.17) is 5.10 Å². The number of carbonyl (C=O) groups excluding carboxylic acids is 1. The first-order valence-electron chi connectivity index (χ1n) is 12.9. The van der Waals surface area contributed by atoms with Gasteiger partial charge in [0.15, 0.2) is 0 Å². The van der Waals surface area contributed by atoms with Crippen molar-refractivity contribution in [1.82, 2.24) is 10.3 Å². The Labute approximate surface area is 230 Å². The Kier molecular flexibility index (Phi) is 6.59. The van der Waals surface area contributed by atoms with Gasteiger partial charge in [0.25, 0.3) is 0 Å². The summed E-state index contributed by atoms with van der Waals surface area (Å²) in [5, 5.41) is 23.4. The number of nitrogens with zero attached hydrogens (tertiary/aromatic N) is 2. The Balaban J connectivity index is 1.28. The number of allylic oxidation sites excluding steroid dienone is 2. The van der Waals surface area contributed by atoms with Crippen LogP contribution in [0.4, 0.5) is 0 Å². The SMILES string of the molecule is C[C@H](NC(=O)C1=CC(c2cccs2)=CN2N=CC(Cc3ccc4ccccc4c3)C12)c1ccc(C(=O)O)cc1. The molecule has 3 atom stereocenters. The van der Waals surface area contributed by atoms with Gasteiger partial charge >= 0.3 is 5.97 Å². The van der Waals surface area contributed by atoms with E-state index in [0.29, 0.717) is 5.57 Å². The number of amides is 1. The van der Waals surface area contributed by atoms with Crippen molar-refractivity contribution < 1.29 is 14.7 Å². The molecule has 0 bridgehead atoms. The van der Waals surface area contributed by atoms with Crippen LogP contribution in [0.3, 0.4) is 0 Å². The summed E-state index contributed by atoms with van der Waals surface area (Å²) in [5.41, 5.74) is 3.87. The van der Waals surface area contributed by atoms with Gasteiger partial charge in [-0.25, -0.2) is 4.79 Å². The number of fused-ring (bicyclic) bond motifs is 2. The highest BCUT2D eigenvalue weighted by Crippen LogP contribution is 2.36. The van der Waals surface area contributed by atoms with E-state index in [0.717, 1.165) is 22.4 Å². The third-order valence-electron chi connectivity index (χ3n) is 7.34. The molecule has 0 radical (unpaired) electrons. The van der Waals surface area contributed by atoms with Crippen LogP contribution in [-0.2, 0) is 11.2 Å². The molecule has 3 aromatic carbocycles. The number of hydrogen-bond acceptors (Lipinski definition) is 5. The summed E-state index contributed by atoms with van der Waals surface area (Å²) in [6.45, 7) is 1.91. The number of nitrogens with one attached hydrogen (secondary N) is 1. The molecule has 4 aromatic rings. The summed E-state index contributed by atoms with van der Waals surface area (Å²) in [4.78, 5) is 26.1. The van der Waals surface area contributed by atoms with Gasteiger partial charge in [0.2, 0.25) is 5.91 Å². The lowest BCUT2D eigenvalue weighted by molar-refractivity contribution is -0.118. The van der Waals surface area contributed by atoms with Crippen molar-refractivity contribution in [2.45, 2.75) is 25.4 Å². The Morgan fingerprint density at radius 2 is 1.82 bits per heavy atom. The van der Waals surface area contributed by atoms with Crippen molar-refractivity contribution in [1.29, 1.82) is 0 Å². The maximum atomic E-state index is 13.8. The zero-order valence-electron chi connectivity index (χ0n) is 21.3. The number of carboxylic acid groups (broad SMARTS) is 1. The molecule has 1 amide bonds. The molecule has 6 rings (SSSR count). The van der Waals surface area contributed by atoms with Crippen LogP contribution in [0.15, 0.2) is 107 Å². The van der Waals surface area contributed by atoms with Crippen LogP contribution in [-0.4, -0.2) is 34.2 Å². The van der Waals surface area contributed by atoms with Crippen molar-refractivity contribution in [3.8, 4) is 0 Å². The normalized spacial score (nSPS) is 18.8. The van der Waals surface area contributed by atoms with Crippen molar-refractivity contribution in [3.05, 3.63) is 124 Å². The van der Waals surface area contributed by atoms with E-state index in [-0.39, 0.29) is 29.5 Å². The van der Waals surface area contributed by atoms with Crippen molar-refractivity contribution in [3.63, 3.8) is 0 Å². The lowest BCUT2D eigenvalue weighted by atomic mass is 9.85.